The summed E-state index contributed by atoms with van der Waals surface area (Å²) in [6, 6.07) is 4.31. The van der Waals surface area contributed by atoms with E-state index in [1.54, 1.807) is 0 Å². The second-order valence-corrected chi connectivity index (χ2v) is 5.94. The standard InChI is InChI=1S/C11H16N4O5S.ClH/c1-8(12)11(16)13-6-7-14-21(19,20)10-5-3-2-4-9(10)15(17)18;/h2-5,8,14H,6-7,12H2,1H3,(H,13,16);1H/t8-;/m1./s1. The Morgan fingerprint density at radius 3 is 2.50 bits per heavy atom. The zero-order valence-electron chi connectivity index (χ0n) is 11.7. The summed E-state index contributed by atoms with van der Waals surface area (Å²) in [6.45, 7) is 1.42. The van der Waals surface area contributed by atoms with Gasteiger partial charge in [-0.1, -0.05) is 12.1 Å². The zero-order valence-corrected chi connectivity index (χ0v) is 13.3. The summed E-state index contributed by atoms with van der Waals surface area (Å²) in [5.74, 6) is -0.417. The third kappa shape index (κ3) is 5.56. The van der Waals surface area contributed by atoms with Gasteiger partial charge in [0.25, 0.3) is 5.69 Å². The molecule has 0 saturated heterocycles. The first-order valence-corrected chi connectivity index (χ1v) is 7.50. The zero-order chi connectivity index (χ0) is 16.0. The minimum atomic E-state index is -4.03. The van der Waals surface area contributed by atoms with E-state index in [0.29, 0.717) is 0 Å². The maximum Gasteiger partial charge on any atom is 0.289 e. The lowest BCUT2D eigenvalue weighted by molar-refractivity contribution is -0.387. The van der Waals surface area contributed by atoms with Crippen molar-refractivity contribution in [3.8, 4) is 0 Å². The number of nitro benzene ring substituents is 1. The highest BCUT2D eigenvalue weighted by molar-refractivity contribution is 7.89. The molecule has 0 bridgehead atoms. The molecule has 0 aliphatic rings. The van der Waals surface area contributed by atoms with Gasteiger partial charge in [-0.2, -0.15) is 0 Å². The van der Waals surface area contributed by atoms with Crippen molar-refractivity contribution < 1.29 is 18.1 Å². The van der Waals surface area contributed by atoms with E-state index in [0.717, 1.165) is 12.1 Å². The maximum absolute atomic E-state index is 12.0. The molecule has 0 aliphatic carbocycles. The van der Waals surface area contributed by atoms with Gasteiger partial charge in [0.15, 0.2) is 4.90 Å². The number of para-hydroxylation sites is 1. The van der Waals surface area contributed by atoms with Gasteiger partial charge in [0.1, 0.15) is 0 Å². The van der Waals surface area contributed by atoms with E-state index in [2.05, 4.69) is 10.0 Å². The molecule has 1 rings (SSSR count). The highest BCUT2D eigenvalue weighted by Gasteiger charge is 2.24. The number of rotatable bonds is 7. The first-order valence-electron chi connectivity index (χ1n) is 6.02. The van der Waals surface area contributed by atoms with E-state index in [1.165, 1.54) is 19.1 Å². The summed E-state index contributed by atoms with van der Waals surface area (Å²) in [5.41, 5.74) is 4.81. The second-order valence-electron chi connectivity index (χ2n) is 4.20. The second kappa shape index (κ2) is 8.63. The Morgan fingerprint density at radius 1 is 1.36 bits per heavy atom. The van der Waals surface area contributed by atoms with Crippen LogP contribution in [0.4, 0.5) is 5.69 Å². The molecule has 4 N–H and O–H groups in total. The normalized spacial score (nSPS) is 12.1. The molecular weight excluding hydrogens is 336 g/mol. The average Bonchev–Trinajstić information content (AvgIpc) is 2.43. The van der Waals surface area contributed by atoms with Crippen molar-refractivity contribution in [3.05, 3.63) is 34.4 Å². The largest absolute Gasteiger partial charge is 0.353 e. The minimum Gasteiger partial charge on any atom is -0.353 e. The third-order valence-electron chi connectivity index (χ3n) is 2.48. The Kier molecular flexibility index (Phi) is 7.95. The highest BCUT2D eigenvalue weighted by atomic mass is 35.5. The van der Waals surface area contributed by atoms with Crippen LogP contribution in [0, 0.1) is 10.1 Å². The Morgan fingerprint density at radius 2 is 1.95 bits per heavy atom. The minimum absolute atomic E-state index is 0. The number of nitrogens with one attached hydrogen (secondary N) is 2. The number of hydrogen-bond donors (Lipinski definition) is 3. The molecule has 0 aliphatic heterocycles. The van der Waals surface area contributed by atoms with Crippen LogP contribution in [0.1, 0.15) is 6.92 Å². The number of sulfonamides is 1. The molecule has 0 aromatic heterocycles. The van der Waals surface area contributed by atoms with Crippen molar-refractivity contribution in [2.24, 2.45) is 5.73 Å². The molecule has 11 heteroatoms. The summed E-state index contributed by atoms with van der Waals surface area (Å²) < 4.78 is 26.1. The summed E-state index contributed by atoms with van der Waals surface area (Å²) in [7, 11) is -4.03. The lowest BCUT2D eigenvalue weighted by atomic mass is 10.3. The van der Waals surface area contributed by atoms with Crippen molar-refractivity contribution in [2.75, 3.05) is 13.1 Å². The SMILES string of the molecule is C[C@@H](N)C(=O)NCCNS(=O)(=O)c1ccccc1[N+](=O)[O-].Cl. The van der Waals surface area contributed by atoms with Crippen LogP contribution in [-0.2, 0) is 14.8 Å². The molecule has 0 heterocycles. The first kappa shape index (κ1) is 20.2. The summed E-state index contributed by atoms with van der Waals surface area (Å²) in [5, 5.41) is 13.2. The number of nitrogens with zero attached hydrogens (tertiary/aromatic N) is 1. The van der Waals surface area contributed by atoms with Gasteiger partial charge in [0.05, 0.1) is 11.0 Å². The van der Waals surface area contributed by atoms with E-state index >= 15 is 0 Å². The van der Waals surface area contributed by atoms with Gasteiger partial charge >= 0.3 is 0 Å². The monoisotopic (exact) mass is 352 g/mol. The number of benzene rings is 1. The molecule has 9 nitrogen and oxygen atoms in total. The molecular formula is C11H17ClN4O5S. The molecule has 1 aromatic carbocycles. The number of nitrogens with two attached hydrogens (primary N) is 1. The van der Waals surface area contributed by atoms with Crippen LogP contribution in [0.15, 0.2) is 29.2 Å². The van der Waals surface area contributed by atoms with Crippen LogP contribution < -0.4 is 15.8 Å². The fourth-order valence-electron chi connectivity index (χ4n) is 1.45. The van der Waals surface area contributed by atoms with Crippen molar-refractivity contribution in [2.45, 2.75) is 17.9 Å². The molecule has 0 spiro atoms. The van der Waals surface area contributed by atoms with Crippen molar-refractivity contribution in [1.29, 1.82) is 0 Å². The van der Waals surface area contributed by atoms with Crippen LogP contribution in [0.3, 0.4) is 0 Å². The molecule has 22 heavy (non-hydrogen) atoms. The van der Waals surface area contributed by atoms with Crippen LogP contribution in [0.2, 0.25) is 0 Å². The Labute approximate surface area is 133 Å². The van der Waals surface area contributed by atoms with Gasteiger partial charge < -0.3 is 11.1 Å². The molecule has 124 valence electrons. The van der Waals surface area contributed by atoms with E-state index in [9.17, 15) is 23.3 Å². The first-order chi connectivity index (χ1) is 9.75. The average molecular weight is 353 g/mol. The maximum atomic E-state index is 12.0. The molecule has 1 amide bonds. The van der Waals surface area contributed by atoms with Crippen molar-refractivity contribution >= 4 is 34.0 Å². The Bertz CT molecular complexity index is 635. The van der Waals surface area contributed by atoms with Crippen LogP contribution in [0.25, 0.3) is 0 Å². The number of amides is 1. The van der Waals surface area contributed by atoms with Crippen molar-refractivity contribution in [1.82, 2.24) is 10.0 Å². The molecule has 0 unspecified atom stereocenters. The predicted molar refractivity (Wildman–Crippen MR) is 82.2 cm³/mol. The van der Waals surface area contributed by atoms with Gasteiger partial charge in [0.2, 0.25) is 15.9 Å². The summed E-state index contributed by atoms with van der Waals surface area (Å²) in [6.07, 6.45) is 0. The van der Waals surface area contributed by atoms with Gasteiger partial charge in [0, 0.05) is 19.2 Å². The molecule has 0 saturated carbocycles. The van der Waals surface area contributed by atoms with E-state index < -0.39 is 37.5 Å². The van der Waals surface area contributed by atoms with Gasteiger partial charge in [-0.25, -0.2) is 13.1 Å². The topological polar surface area (TPSA) is 144 Å². The quantitative estimate of drug-likeness (QED) is 0.351. The van der Waals surface area contributed by atoms with E-state index in [-0.39, 0.29) is 25.5 Å². The number of nitro groups is 1. The lowest BCUT2D eigenvalue weighted by Gasteiger charge is -2.09. The van der Waals surface area contributed by atoms with Gasteiger partial charge in [-0.15, -0.1) is 12.4 Å². The summed E-state index contributed by atoms with van der Waals surface area (Å²) in [4.78, 5) is 20.8. The van der Waals surface area contributed by atoms with Gasteiger partial charge in [-0.3, -0.25) is 14.9 Å². The number of halogens is 1. The highest BCUT2D eigenvalue weighted by Crippen LogP contribution is 2.22. The molecule has 0 fully saturated rings. The van der Waals surface area contributed by atoms with Crippen LogP contribution in [0.5, 0.6) is 0 Å². The molecule has 1 atom stereocenters. The fourth-order valence-corrected chi connectivity index (χ4v) is 2.65. The third-order valence-corrected chi connectivity index (χ3v) is 3.99. The smallest absolute Gasteiger partial charge is 0.289 e. The Hall–Kier alpha value is -1.75. The Balaban J connectivity index is 0.00000441. The van der Waals surface area contributed by atoms with E-state index in [1.807, 2.05) is 0 Å². The summed E-state index contributed by atoms with van der Waals surface area (Å²) >= 11 is 0. The van der Waals surface area contributed by atoms with E-state index in [4.69, 9.17) is 5.73 Å². The predicted octanol–water partition coefficient (Wildman–Crippen LogP) is -0.242. The number of carbonyl (C=O) groups excluding carboxylic acids is 1. The number of hydrogen-bond acceptors (Lipinski definition) is 6. The lowest BCUT2D eigenvalue weighted by Crippen LogP contribution is -2.42. The molecule has 1 aromatic rings. The van der Waals surface area contributed by atoms with Crippen LogP contribution in [-0.4, -0.2) is 38.4 Å². The van der Waals surface area contributed by atoms with Crippen LogP contribution >= 0.6 is 12.4 Å². The number of carbonyl (C=O) groups is 1. The fraction of sp³-hybridized carbons (Fsp3) is 0.364. The molecule has 0 radical (unpaired) electrons. The van der Waals surface area contributed by atoms with Gasteiger partial charge in [-0.05, 0) is 13.0 Å². The van der Waals surface area contributed by atoms with Crippen molar-refractivity contribution in [3.63, 3.8) is 0 Å².